The molecule has 0 aromatic rings. The zero-order valence-electron chi connectivity index (χ0n) is 11.0. The lowest BCUT2D eigenvalue weighted by Crippen LogP contribution is -2.52. The van der Waals surface area contributed by atoms with Gasteiger partial charge < -0.3 is 14.3 Å². The molecule has 0 radical (unpaired) electrons. The number of nitrogens with zero attached hydrogens (tertiary/aromatic N) is 1. The molecular formula is C13H17NO5. The predicted octanol–water partition coefficient (Wildman–Crippen LogP) is 1.38. The molecule has 0 spiro atoms. The maximum absolute atomic E-state index is 12.0. The van der Waals surface area contributed by atoms with Gasteiger partial charge in [0.15, 0.2) is 12.0 Å². The molecule has 0 amide bonds. The maximum Gasteiger partial charge on any atom is 0.327 e. The Morgan fingerprint density at radius 2 is 1.84 bits per heavy atom. The fraction of sp³-hybridized carbons (Fsp3) is 0.769. The first kappa shape index (κ1) is 12.4. The number of oxime groups is 1. The van der Waals surface area contributed by atoms with Crippen LogP contribution in [0.4, 0.5) is 0 Å². The molecule has 2 fully saturated rings. The molecule has 3 rings (SSSR count). The molecule has 0 N–H and O–H groups in total. The van der Waals surface area contributed by atoms with Gasteiger partial charge in [0.05, 0.1) is 5.71 Å². The second kappa shape index (κ2) is 4.21. The fourth-order valence-corrected chi connectivity index (χ4v) is 2.98. The summed E-state index contributed by atoms with van der Waals surface area (Å²) in [6, 6.07) is 0. The molecule has 1 saturated carbocycles. The Kier molecular flexibility index (Phi) is 2.76. The Balaban J connectivity index is 1.80. The Morgan fingerprint density at radius 3 is 2.53 bits per heavy atom. The van der Waals surface area contributed by atoms with E-state index in [0.717, 1.165) is 31.4 Å². The standard InChI is InChI=1S/C13H17NO5/c1-13(2)17-11(15)9(12(16)18-13)10-7-5-3-4-6-8(7)14-19-10/h7,9-10H,3-6H2,1-2H3. The van der Waals surface area contributed by atoms with Crippen LogP contribution in [0.15, 0.2) is 5.16 Å². The molecule has 6 nitrogen and oxygen atoms in total. The fourth-order valence-electron chi connectivity index (χ4n) is 2.98. The van der Waals surface area contributed by atoms with E-state index in [2.05, 4.69) is 5.16 Å². The van der Waals surface area contributed by atoms with Gasteiger partial charge in [-0.3, -0.25) is 9.59 Å². The first-order valence-corrected chi connectivity index (χ1v) is 6.66. The highest BCUT2D eigenvalue weighted by Crippen LogP contribution is 2.37. The van der Waals surface area contributed by atoms with Crippen LogP contribution in [0, 0.1) is 11.8 Å². The number of carbonyl (C=O) groups is 2. The molecule has 2 heterocycles. The summed E-state index contributed by atoms with van der Waals surface area (Å²) < 4.78 is 10.3. The van der Waals surface area contributed by atoms with E-state index in [1.54, 1.807) is 0 Å². The van der Waals surface area contributed by atoms with Crippen LogP contribution in [-0.2, 0) is 23.9 Å². The molecule has 0 aromatic heterocycles. The minimum Gasteiger partial charge on any atom is -0.422 e. The summed E-state index contributed by atoms with van der Waals surface area (Å²) >= 11 is 0. The Bertz CT molecular complexity index is 436. The normalized spacial score (nSPS) is 33.9. The first-order valence-electron chi connectivity index (χ1n) is 6.66. The monoisotopic (exact) mass is 267 g/mol. The quantitative estimate of drug-likeness (QED) is 0.530. The van der Waals surface area contributed by atoms with E-state index in [0.29, 0.717) is 0 Å². The number of ether oxygens (including phenoxy) is 2. The van der Waals surface area contributed by atoms with E-state index < -0.39 is 29.7 Å². The Morgan fingerprint density at radius 1 is 1.16 bits per heavy atom. The lowest BCUT2D eigenvalue weighted by atomic mass is 9.79. The van der Waals surface area contributed by atoms with Gasteiger partial charge in [-0.15, -0.1) is 0 Å². The third-order valence-electron chi connectivity index (χ3n) is 3.84. The van der Waals surface area contributed by atoms with Gasteiger partial charge in [-0.2, -0.15) is 0 Å². The highest BCUT2D eigenvalue weighted by atomic mass is 16.7. The number of hydrogen-bond donors (Lipinski definition) is 0. The van der Waals surface area contributed by atoms with Gasteiger partial charge in [-0.1, -0.05) is 11.6 Å². The molecule has 2 aliphatic heterocycles. The smallest absolute Gasteiger partial charge is 0.327 e. The van der Waals surface area contributed by atoms with Gasteiger partial charge in [0.2, 0.25) is 0 Å². The largest absolute Gasteiger partial charge is 0.422 e. The third-order valence-corrected chi connectivity index (χ3v) is 3.84. The number of hydrogen-bond acceptors (Lipinski definition) is 6. The predicted molar refractivity (Wildman–Crippen MR) is 64.0 cm³/mol. The van der Waals surface area contributed by atoms with E-state index in [1.165, 1.54) is 13.8 Å². The molecule has 3 aliphatic rings. The van der Waals surface area contributed by atoms with Crippen molar-refractivity contribution in [1.29, 1.82) is 0 Å². The maximum atomic E-state index is 12.0. The summed E-state index contributed by atoms with van der Waals surface area (Å²) in [4.78, 5) is 29.4. The SMILES string of the molecule is CC1(C)OC(=O)C(C2ON=C3CCCCC32)C(=O)O1. The first-order chi connectivity index (χ1) is 8.98. The van der Waals surface area contributed by atoms with Gasteiger partial charge in [0, 0.05) is 19.8 Å². The van der Waals surface area contributed by atoms with Crippen LogP contribution >= 0.6 is 0 Å². The molecule has 104 valence electrons. The lowest BCUT2D eigenvalue weighted by Gasteiger charge is -2.35. The van der Waals surface area contributed by atoms with Gasteiger partial charge in [-0.25, -0.2) is 0 Å². The number of fused-ring (bicyclic) bond motifs is 1. The average molecular weight is 267 g/mol. The molecule has 0 bridgehead atoms. The van der Waals surface area contributed by atoms with Crippen molar-refractivity contribution in [2.45, 2.75) is 51.4 Å². The number of rotatable bonds is 1. The summed E-state index contributed by atoms with van der Waals surface area (Å²) in [6.07, 6.45) is 3.35. The van der Waals surface area contributed by atoms with E-state index in [4.69, 9.17) is 14.3 Å². The van der Waals surface area contributed by atoms with Crippen molar-refractivity contribution in [3.05, 3.63) is 0 Å². The Hall–Kier alpha value is -1.59. The van der Waals surface area contributed by atoms with Crippen LogP contribution in [0.5, 0.6) is 0 Å². The molecule has 2 unspecified atom stereocenters. The minimum atomic E-state index is -1.19. The van der Waals surface area contributed by atoms with Crippen molar-refractivity contribution in [3.63, 3.8) is 0 Å². The highest BCUT2D eigenvalue weighted by Gasteiger charge is 2.53. The zero-order chi connectivity index (χ0) is 13.6. The minimum absolute atomic E-state index is 0.0417. The summed E-state index contributed by atoms with van der Waals surface area (Å²) in [6.45, 7) is 3.08. The second-order valence-electron chi connectivity index (χ2n) is 5.72. The number of cyclic esters (lactones) is 2. The zero-order valence-corrected chi connectivity index (χ0v) is 11.0. The van der Waals surface area contributed by atoms with Crippen LogP contribution in [0.2, 0.25) is 0 Å². The van der Waals surface area contributed by atoms with Gasteiger partial charge in [0.25, 0.3) is 5.79 Å². The van der Waals surface area contributed by atoms with Crippen molar-refractivity contribution in [1.82, 2.24) is 0 Å². The van der Waals surface area contributed by atoms with Crippen LogP contribution in [0.25, 0.3) is 0 Å². The molecule has 1 aliphatic carbocycles. The highest BCUT2D eigenvalue weighted by molar-refractivity contribution is 5.99. The molecule has 1 saturated heterocycles. The molecule has 2 atom stereocenters. The van der Waals surface area contributed by atoms with Crippen molar-refractivity contribution in [3.8, 4) is 0 Å². The topological polar surface area (TPSA) is 74.2 Å². The van der Waals surface area contributed by atoms with E-state index >= 15 is 0 Å². The molecular weight excluding hydrogens is 250 g/mol. The van der Waals surface area contributed by atoms with E-state index in [9.17, 15) is 9.59 Å². The van der Waals surface area contributed by atoms with Crippen LogP contribution in [0.3, 0.4) is 0 Å². The summed E-state index contributed by atoms with van der Waals surface area (Å²) in [5.41, 5.74) is 0.960. The van der Waals surface area contributed by atoms with Crippen molar-refractivity contribution in [2.75, 3.05) is 0 Å². The Labute approximate surface area is 111 Å². The van der Waals surface area contributed by atoms with Crippen molar-refractivity contribution in [2.24, 2.45) is 17.0 Å². The summed E-state index contributed by atoms with van der Waals surface area (Å²) in [5, 5.41) is 4.02. The van der Waals surface area contributed by atoms with E-state index in [1.807, 2.05) is 0 Å². The van der Waals surface area contributed by atoms with Crippen molar-refractivity contribution >= 4 is 17.7 Å². The average Bonchev–Trinajstić information content (AvgIpc) is 2.71. The third kappa shape index (κ3) is 2.09. The number of esters is 2. The molecule has 19 heavy (non-hydrogen) atoms. The van der Waals surface area contributed by atoms with Crippen LogP contribution < -0.4 is 0 Å². The van der Waals surface area contributed by atoms with Crippen molar-refractivity contribution < 1.29 is 23.9 Å². The summed E-state index contributed by atoms with van der Waals surface area (Å²) in [5.74, 6) is -3.32. The molecule has 6 heteroatoms. The summed E-state index contributed by atoms with van der Waals surface area (Å²) in [7, 11) is 0. The number of carbonyl (C=O) groups excluding carboxylic acids is 2. The second-order valence-corrected chi connectivity index (χ2v) is 5.72. The van der Waals surface area contributed by atoms with Gasteiger partial charge >= 0.3 is 11.9 Å². The van der Waals surface area contributed by atoms with Gasteiger partial charge in [0.1, 0.15) is 0 Å². The lowest BCUT2D eigenvalue weighted by molar-refractivity contribution is -0.246. The van der Waals surface area contributed by atoms with Crippen LogP contribution in [-0.4, -0.2) is 29.5 Å². The molecule has 0 aromatic carbocycles. The van der Waals surface area contributed by atoms with E-state index in [-0.39, 0.29) is 5.92 Å². The van der Waals surface area contributed by atoms with Gasteiger partial charge in [-0.05, 0) is 19.3 Å². The van der Waals surface area contributed by atoms with Crippen LogP contribution in [0.1, 0.15) is 39.5 Å².